The fourth-order valence-electron chi connectivity index (χ4n) is 1.95. The Morgan fingerprint density at radius 1 is 1.25 bits per heavy atom. The van der Waals surface area contributed by atoms with Gasteiger partial charge in [0, 0.05) is 37.7 Å². The fourth-order valence-corrected chi connectivity index (χ4v) is 1.95. The summed E-state index contributed by atoms with van der Waals surface area (Å²) in [5.74, 6) is 1.78. The van der Waals surface area contributed by atoms with Crippen molar-refractivity contribution >= 4 is 11.5 Å². The highest BCUT2D eigenvalue weighted by molar-refractivity contribution is 5.86. The Kier molecular flexibility index (Phi) is 3.03. The third-order valence-electron chi connectivity index (χ3n) is 2.76. The summed E-state index contributed by atoms with van der Waals surface area (Å²) in [4.78, 5) is 10.9. The molecular weight excluding hydrogens is 204 g/mol. The minimum atomic E-state index is 0.802. The van der Waals surface area contributed by atoms with Crippen LogP contribution in [0.2, 0.25) is 0 Å². The van der Waals surface area contributed by atoms with E-state index in [0.717, 1.165) is 49.0 Å². The van der Waals surface area contributed by atoms with Crippen LogP contribution in [0, 0.1) is 13.8 Å². The Morgan fingerprint density at radius 3 is 2.50 bits per heavy atom. The van der Waals surface area contributed by atoms with E-state index in [9.17, 15) is 0 Å². The van der Waals surface area contributed by atoms with Crippen LogP contribution in [0.1, 0.15) is 24.4 Å². The number of aryl methyl sites for hydroxylation is 2. The van der Waals surface area contributed by atoms with E-state index in [1.165, 1.54) is 0 Å². The predicted molar refractivity (Wildman–Crippen MR) is 62.2 cm³/mol. The summed E-state index contributed by atoms with van der Waals surface area (Å²) in [6, 6.07) is 1.99. The molecular formula is C11H16N4O. The lowest BCUT2D eigenvalue weighted by Crippen LogP contribution is -2.34. The zero-order valence-corrected chi connectivity index (χ0v) is 9.64. The van der Waals surface area contributed by atoms with Crippen LogP contribution in [0.25, 0.3) is 0 Å². The maximum absolute atomic E-state index is 8.68. The van der Waals surface area contributed by atoms with E-state index in [-0.39, 0.29) is 0 Å². The van der Waals surface area contributed by atoms with Gasteiger partial charge in [0.1, 0.15) is 11.6 Å². The second-order valence-electron chi connectivity index (χ2n) is 4.07. The third-order valence-corrected chi connectivity index (χ3v) is 2.76. The average Bonchev–Trinajstić information content (AvgIpc) is 2.28. The zero-order chi connectivity index (χ0) is 11.5. The molecule has 1 aliphatic heterocycles. The molecule has 2 heterocycles. The SMILES string of the molecule is Cc1cc(N2CCC(=NO)CC2)nc(C)n1. The number of nitrogens with zero attached hydrogens (tertiary/aromatic N) is 4. The van der Waals surface area contributed by atoms with Crippen molar-refractivity contribution in [3.05, 3.63) is 17.6 Å². The van der Waals surface area contributed by atoms with Gasteiger partial charge in [-0.15, -0.1) is 0 Å². The molecule has 1 saturated heterocycles. The molecule has 0 saturated carbocycles. The van der Waals surface area contributed by atoms with Crippen molar-refractivity contribution in [1.29, 1.82) is 0 Å². The summed E-state index contributed by atoms with van der Waals surface area (Å²) in [6.07, 6.45) is 1.61. The van der Waals surface area contributed by atoms with Crippen molar-refractivity contribution in [1.82, 2.24) is 9.97 Å². The van der Waals surface area contributed by atoms with Gasteiger partial charge in [0.05, 0.1) is 5.71 Å². The Labute approximate surface area is 94.8 Å². The van der Waals surface area contributed by atoms with Gasteiger partial charge in [-0.3, -0.25) is 0 Å². The van der Waals surface area contributed by atoms with Crippen LogP contribution >= 0.6 is 0 Å². The highest BCUT2D eigenvalue weighted by Gasteiger charge is 2.17. The molecule has 2 rings (SSSR count). The molecule has 1 fully saturated rings. The summed E-state index contributed by atoms with van der Waals surface area (Å²) < 4.78 is 0. The van der Waals surface area contributed by atoms with Crippen LogP contribution in [-0.2, 0) is 0 Å². The lowest BCUT2D eigenvalue weighted by molar-refractivity contribution is 0.315. The lowest BCUT2D eigenvalue weighted by Gasteiger charge is -2.28. The van der Waals surface area contributed by atoms with Gasteiger partial charge in [0.15, 0.2) is 0 Å². The van der Waals surface area contributed by atoms with Crippen molar-refractivity contribution in [2.24, 2.45) is 5.16 Å². The largest absolute Gasteiger partial charge is 0.411 e. The van der Waals surface area contributed by atoms with E-state index in [4.69, 9.17) is 5.21 Å². The van der Waals surface area contributed by atoms with Crippen LogP contribution in [0.15, 0.2) is 11.2 Å². The second kappa shape index (κ2) is 4.47. The van der Waals surface area contributed by atoms with E-state index in [2.05, 4.69) is 20.0 Å². The van der Waals surface area contributed by atoms with Crippen molar-refractivity contribution in [3.8, 4) is 0 Å². The number of piperidine rings is 1. The van der Waals surface area contributed by atoms with E-state index >= 15 is 0 Å². The molecule has 1 N–H and O–H groups in total. The molecule has 0 spiro atoms. The minimum Gasteiger partial charge on any atom is -0.411 e. The number of hydrogen-bond acceptors (Lipinski definition) is 5. The lowest BCUT2D eigenvalue weighted by atomic mass is 10.1. The number of aromatic nitrogens is 2. The molecule has 16 heavy (non-hydrogen) atoms. The first kappa shape index (κ1) is 10.9. The molecule has 1 aliphatic rings. The molecule has 0 bridgehead atoms. The molecule has 0 aliphatic carbocycles. The summed E-state index contributed by atoms with van der Waals surface area (Å²) in [7, 11) is 0. The van der Waals surface area contributed by atoms with Gasteiger partial charge in [-0.05, 0) is 13.8 Å². The molecule has 1 aromatic heterocycles. The van der Waals surface area contributed by atoms with Crippen molar-refractivity contribution < 1.29 is 5.21 Å². The molecule has 86 valence electrons. The first-order valence-corrected chi connectivity index (χ1v) is 5.46. The number of oxime groups is 1. The van der Waals surface area contributed by atoms with Crippen LogP contribution in [-0.4, -0.2) is 34.0 Å². The van der Waals surface area contributed by atoms with Gasteiger partial charge < -0.3 is 10.1 Å². The molecule has 0 amide bonds. The Balaban J connectivity index is 2.14. The van der Waals surface area contributed by atoms with Gasteiger partial charge in [-0.2, -0.15) is 0 Å². The van der Waals surface area contributed by atoms with Crippen molar-refractivity contribution in [2.75, 3.05) is 18.0 Å². The number of rotatable bonds is 1. The maximum Gasteiger partial charge on any atom is 0.132 e. The Bertz CT molecular complexity index is 386. The smallest absolute Gasteiger partial charge is 0.132 e. The number of hydrogen-bond donors (Lipinski definition) is 1. The highest BCUT2D eigenvalue weighted by atomic mass is 16.4. The Hall–Kier alpha value is -1.65. The van der Waals surface area contributed by atoms with Crippen LogP contribution in [0.3, 0.4) is 0 Å². The number of anilines is 1. The first-order valence-electron chi connectivity index (χ1n) is 5.46. The normalized spacial score (nSPS) is 16.4. The summed E-state index contributed by atoms with van der Waals surface area (Å²) in [6.45, 7) is 5.59. The van der Waals surface area contributed by atoms with E-state index in [1.807, 2.05) is 19.9 Å². The van der Waals surface area contributed by atoms with Gasteiger partial charge in [-0.1, -0.05) is 5.16 Å². The van der Waals surface area contributed by atoms with Crippen molar-refractivity contribution in [3.63, 3.8) is 0 Å². The summed E-state index contributed by atoms with van der Waals surface area (Å²) in [5, 5.41) is 11.9. The van der Waals surface area contributed by atoms with E-state index < -0.39 is 0 Å². The van der Waals surface area contributed by atoms with Gasteiger partial charge >= 0.3 is 0 Å². The molecule has 0 radical (unpaired) electrons. The van der Waals surface area contributed by atoms with Crippen LogP contribution in [0.5, 0.6) is 0 Å². The summed E-state index contributed by atoms with van der Waals surface area (Å²) >= 11 is 0. The first-order chi connectivity index (χ1) is 7.69. The monoisotopic (exact) mass is 220 g/mol. The second-order valence-corrected chi connectivity index (χ2v) is 4.07. The molecule has 5 heteroatoms. The predicted octanol–water partition coefficient (Wildman–Crippen LogP) is 1.52. The molecule has 0 atom stereocenters. The highest BCUT2D eigenvalue weighted by Crippen LogP contribution is 2.17. The average molecular weight is 220 g/mol. The van der Waals surface area contributed by atoms with Crippen LogP contribution < -0.4 is 4.90 Å². The zero-order valence-electron chi connectivity index (χ0n) is 9.64. The molecule has 0 aromatic carbocycles. The molecule has 5 nitrogen and oxygen atoms in total. The van der Waals surface area contributed by atoms with Crippen molar-refractivity contribution in [2.45, 2.75) is 26.7 Å². The summed E-state index contributed by atoms with van der Waals surface area (Å²) in [5.41, 5.74) is 1.86. The Morgan fingerprint density at radius 2 is 1.94 bits per heavy atom. The van der Waals surface area contributed by atoms with Gasteiger partial charge in [0.2, 0.25) is 0 Å². The van der Waals surface area contributed by atoms with E-state index in [1.54, 1.807) is 0 Å². The maximum atomic E-state index is 8.68. The van der Waals surface area contributed by atoms with Gasteiger partial charge in [0.25, 0.3) is 0 Å². The van der Waals surface area contributed by atoms with E-state index in [0.29, 0.717) is 0 Å². The van der Waals surface area contributed by atoms with Crippen LogP contribution in [0.4, 0.5) is 5.82 Å². The van der Waals surface area contributed by atoms with Gasteiger partial charge in [-0.25, -0.2) is 9.97 Å². The molecule has 1 aromatic rings. The molecule has 0 unspecified atom stereocenters. The minimum absolute atomic E-state index is 0.802. The quantitative estimate of drug-likeness (QED) is 0.576. The fraction of sp³-hybridized carbons (Fsp3) is 0.545. The third kappa shape index (κ3) is 2.29. The standard InChI is InChI=1S/C11H16N4O/c1-8-7-11(13-9(2)12-8)15-5-3-10(14-16)4-6-15/h7,16H,3-6H2,1-2H3. The topological polar surface area (TPSA) is 61.6 Å².